The zero-order chi connectivity index (χ0) is 19.2. The Kier molecular flexibility index (Phi) is 6.77. The number of rotatable bonds is 10. The largest absolute Gasteiger partial charge is 0.373 e. The summed E-state index contributed by atoms with van der Waals surface area (Å²) < 4.78 is 22.2. The van der Waals surface area contributed by atoms with Gasteiger partial charge in [0.25, 0.3) is 0 Å². The van der Waals surface area contributed by atoms with Crippen LogP contribution in [0.15, 0.2) is 36.4 Å². The van der Waals surface area contributed by atoms with Crippen molar-refractivity contribution in [2.45, 2.75) is 56.5 Å². The molecule has 4 fully saturated rings. The lowest BCUT2D eigenvalue weighted by molar-refractivity contribution is 0.401. The van der Waals surface area contributed by atoms with Gasteiger partial charge in [-0.3, -0.25) is 0 Å². The van der Waals surface area contributed by atoms with Crippen LogP contribution in [0.1, 0.15) is 33.4 Å². The Morgan fingerprint density at radius 2 is 0.839 bits per heavy atom. The number of ether oxygens (including phenoxy) is 4. The van der Waals surface area contributed by atoms with E-state index in [1.165, 1.54) is 33.4 Å². The van der Waals surface area contributed by atoms with Gasteiger partial charge in [0.2, 0.25) is 0 Å². The quantitative estimate of drug-likeness (QED) is 0.562. The van der Waals surface area contributed by atoms with Gasteiger partial charge in [0.1, 0.15) is 0 Å². The van der Waals surface area contributed by atoms with Gasteiger partial charge in [-0.05, 0) is 39.8 Å². The minimum Gasteiger partial charge on any atom is -0.373 e. The predicted octanol–water partition coefficient (Wildman–Crippen LogP) is 3.37. The normalized spacial score (nSPS) is 27.1. The van der Waals surface area contributed by atoms with E-state index in [1.54, 1.807) is 0 Å². The van der Waals surface area contributed by atoms with Crippen LogP contribution in [0, 0.1) is 0 Å². The molecule has 6 heteroatoms. The number of hydrogen-bond donors (Lipinski definition) is 2. The molecule has 0 radical (unpaired) electrons. The Hall–Kier alpha value is -1.80. The highest BCUT2D eigenvalue weighted by atomic mass is 16.6. The summed E-state index contributed by atoms with van der Waals surface area (Å²) in [5, 5.41) is 0. The van der Waals surface area contributed by atoms with Gasteiger partial charge < -0.3 is 31.2 Å². The van der Waals surface area contributed by atoms with Crippen molar-refractivity contribution < 1.29 is 18.9 Å². The van der Waals surface area contributed by atoms with Crippen molar-refractivity contribution in [3.05, 3.63) is 69.8 Å². The lowest BCUT2D eigenvalue weighted by atomic mass is 9.87. The molecule has 4 heterocycles. The van der Waals surface area contributed by atoms with Gasteiger partial charge in [-0.25, -0.2) is 0 Å². The van der Waals surface area contributed by atoms with Crippen LogP contribution in [-0.4, -0.2) is 50.8 Å². The van der Waals surface area contributed by atoms with Crippen LogP contribution in [0.25, 0.3) is 0 Å². The van der Waals surface area contributed by atoms with Gasteiger partial charge >= 0.3 is 0 Å². The van der Waals surface area contributed by atoms with E-state index >= 15 is 0 Å². The van der Waals surface area contributed by atoms with Crippen molar-refractivity contribution in [1.29, 1.82) is 0 Å². The molecule has 2 aromatic carbocycles. The van der Waals surface area contributed by atoms with Crippen molar-refractivity contribution in [2.75, 3.05) is 26.4 Å². The summed E-state index contributed by atoms with van der Waals surface area (Å²) in [4.78, 5) is 0. The van der Waals surface area contributed by atoms with Crippen LogP contribution in [0.5, 0.6) is 0 Å². The van der Waals surface area contributed by atoms with E-state index in [2.05, 4.69) is 36.4 Å². The summed E-state index contributed by atoms with van der Waals surface area (Å²) in [6, 6.07) is 13.6. The predicted molar refractivity (Wildman–Crippen MR) is 120 cm³/mol. The van der Waals surface area contributed by atoms with Crippen molar-refractivity contribution >= 4 is 0 Å². The Morgan fingerprint density at radius 3 is 1.19 bits per heavy atom. The second-order valence-electron chi connectivity index (χ2n) is 8.92. The van der Waals surface area contributed by atoms with Crippen LogP contribution >= 0.6 is 0 Å². The first-order valence-corrected chi connectivity index (χ1v) is 11.0. The fraction of sp³-hybridized carbons (Fsp3) is 0.520. The van der Waals surface area contributed by atoms with E-state index < -0.39 is 0 Å². The molecule has 0 saturated carbocycles. The van der Waals surface area contributed by atoms with Gasteiger partial charge in [-0.15, -0.1) is 0 Å². The fourth-order valence-corrected chi connectivity index (χ4v) is 4.51. The summed E-state index contributed by atoms with van der Waals surface area (Å²) in [5.74, 6) is 0. The van der Waals surface area contributed by atoms with E-state index in [0.717, 1.165) is 58.5 Å². The van der Waals surface area contributed by atoms with Gasteiger partial charge in [0.05, 0.1) is 50.8 Å². The highest BCUT2D eigenvalue weighted by Gasteiger charge is 2.30. The molecule has 4 aliphatic heterocycles. The topological polar surface area (TPSA) is 120 Å². The number of benzene rings is 2. The van der Waals surface area contributed by atoms with Crippen LogP contribution in [0.2, 0.25) is 0 Å². The van der Waals surface area contributed by atoms with Gasteiger partial charge in [0.15, 0.2) is 0 Å². The fourth-order valence-electron chi connectivity index (χ4n) is 4.51. The van der Waals surface area contributed by atoms with Crippen molar-refractivity contribution in [3.8, 4) is 0 Å². The molecule has 4 saturated heterocycles. The molecular weight excluding hydrogens is 392 g/mol. The number of hydrogen-bond acceptors (Lipinski definition) is 6. The third kappa shape index (κ3) is 5.71. The molecule has 0 aromatic heterocycles. The van der Waals surface area contributed by atoms with Gasteiger partial charge in [0, 0.05) is 25.7 Å². The van der Waals surface area contributed by atoms with E-state index in [9.17, 15) is 0 Å². The van der Waals surface area contributed by atoms with Gasteiger partial charge in [-0.2, -0.15) is 0 Å². The molecular formula is C25H34N2O4. The van der Waals surface area contributed by atoms with E-state index in [4.69, 9.17) is 18.9 Å². The lowest BCUT2D eigenvalue weighted by Gasteiger charge is -2.18. The molecule has 0 bridgehead atoms. The molecule has 31 heavy (non-hydrogen) atoms. The molecule has 6 nitrogen and oxygen atoms in total. The van der Waals surface area contributed by atoms with Crippen LogP contribution in [-0.2, 0) is 51.1 Å². The molecule has 168 valence electrons. The molecule has 0 aliphatic carbocycles. The maximum Gasteiger partial charge on any atom is 0.0850 e. The number of epoxide rings is 4. The molecule has 0 amide bonds. The van der Waals surface area contributed by atoms with E-state index in [1.807, 2.05) is 0 Å². The smallest absolute Gasteiger partial charge is 0.0850 e. The third-order valence-electron chi connectivity index (χ3n) is 6.49. The first-order chi connectivity index (χ1) is 14.3. The second kappa shape index (κ2) is 9.36. The zero-order valence-electron chi connectivity index (χ0n) is 18.2. The summed E-state index contributed by atoms with van der Waals surface area (Å²) in [5.41, 5.74) is 8.73. The molecule has 6 rings (SSSR count). The van der Waals surface area contributed by atoms with Crippen molar-refractivity contribution in [3.63, 3.8) is 0 Å². The van der Waals surface area contributed by atoms with Crippen LogP contribution in [0.3, 0.4) is 0 Å². The van der Waals surface area contributed by atoms with Crippen LogP contribution < -0.4 is 12.3 Å². The van der Waals surface area contributed by atoms with Crippen molar-refractivity contribution in [2.24, 2.45) is 0 Å². The Bertz CT molecular complexity index is 829. The molecule has 6 N–H and O–H groups in total. The monoisotopic (exact) mass is 426 g/mol. The van der Waals surface area contributed by atoms with E-state index in [-0.39, 0.29) is 12.3 Å². The molecule has 0 spiro atoms. The van der Waals surface area contributed by atoms with Crippen molar-refractivity contribution in [1.82, 2.24) is 12.3 Å². The molecule has 4 aliphatic rings. The summed E-state index contributed by atoms with van der Waals surface area (Å²) >= 11 is 0. The SMILES string of the molecule is N.N.c1cc(Cc2cccc(CC3CO3)c2CC2CO2)c(CC2CO2)c(CC2CO2)c1. The van der Waals surface area contributed by atoms with Gasteiger partial charge in [-0.1, -0.05) is 36.4 Å². The highest BCUT2D eigenvalue weighted by molar-refractivity contribution is 5.44. The van der Waals surface area contributed by atoms with E-state index in [0.29, 0.717) is 24.4 Å². The minimum atomic E-state index is 0. The molecule has 2 aromatic rings. The molecule has 4 atom stereocenters. The Morgan fingerprint density at radius 1 is 0.516 bits per heavy atom. The lowest BCUT2D eigenvalue weighted by Crippen LogP contribution is -2.10. The average molecular weight is 427 g/mol. The third-order valence-corrected chi connectivity index (χ3v) is 6.49. The maximum absolute atomic E-state index is 5.59. The summed E-state index contributed by atoms with van der Waals surface area (Å²) in [6.07, 6.45) is 6.68. The Labute approximate surface area is 184 Å². The highest BCUT2D eigenvalue weighted by Crippen LogP contribution is 2.31. The summed E-state index contributed by atoms with van der Waals surface area (Å²) in [7, 11) is 0. The average Bonchev–Trinajstić information content (AvgIpc) is 3.50. The minimum absolute atomic E-state index is 0. The Balaban J connectivity index is 0.00000116. The van der Waals surface area contributed by atoms with Crippen LogP contribution in [0.4, 0.5) is 0 Å². The zero-order valence-corrected chi connectivity index (χ0v) is 18.2. The first-order valence-electron chi connectivity index (χ1n) is 11.0. The maximum atomic E-state index is 5.59. The molecule has 4 unspecified atom stereocenters. The second-order valence-corrected chi connectivity index (χ2v) is 8.92. The first kappa shape index (κ1) is 22.4. The summed E-state index contributed by atoms with van der Waals surface area (Å²) in [6.45, 7) is 3.60. The standard InChI is InChI=1S/C25H28O4.2H3N/c1-3-16(24(10-22-14-28-22)18(5-1)8-20-12-26-20)7-17-4-2-6-19(9-21-13-27-21)25(17)11-23-15-29-23;;/h1-6,20-23H,7-15H2;2*1H3.